The summed E-state index contributed by atoms with van der Waals surface area (Å²) in [7, 11) is 2.17. The zero-order valence-corrected chi connectivity index (χ0v) is 18.9. The maximum atomic E-state index is 15.0. The van der Waals surface area contributed by atoms with E-state index in [1.54, 1.807) is 0 Å². The molecule has 0 atom stereocenters. The van der Waals surface area contributed by atoms with Gasteiger partial charge in [-0.3, -0.25) is 0 Å². The molecule has 0 heterocycles. The Bertz CT molecular complexity index is 1200. The van der Waals surface area contributed by atoms with Crippen molar-refractivity contribution in [3.8, 4) is 17.2 Å². The molecule has 3 aromatic rings. The molecule has 0 amide bonds. The molecule has 0 saturated carbocycles. The van der Waals surface area contributed by atoms with Crippen LogP contribution in [0.3, 0.4) is 0 Å². The molecule has 0 spiro atoms. The van der Waals surface area contributed by atoms with E-state index in [0.29, 0.717) is 20.3 Å². The second kappa shape index (κ2) is 9.87. The minimum Gasteiger partial charge on any atom is -0.494 e. The van der Waals surface area contributed by atoms with Crippen LogP contribution in [-0.4, -0.2) is 35.5 Å². The molecule has 3 rings (SSSR count). The first-order valence-electron chi connectivity index (χ1n) is 9.25. The van der Waals surface area contributed by atoms with Crippen molar-refractivity contribution in [1.82, 2.24) is 0 Å². The molecule has 0 saturated heterocycles. The van der Waals surface area contributed by atoms with Gasteiger partial charge in [-0.05, 0) is 14.9 Å². The van der Waals surface area contributed by atoms with Crippen LogP contribution in [0.1, 0.15) is 0 Å². The molecule has 0 aromatic heterocycles. The standard InChI is InChI=1S/2C7H3F4O.C7H5F2O.Al/c2*1-12-7-5(10)3(8)2-4(9)6(7)11;1-10-7-3-2-5(8)4-6(7)9;/h2*1H3;3-4H,1H3;. The third kappa shape index (κ3) is 4.14. The van der Waals surface area contributed by atoms with E-state index in [4.69, 9.17) is 0 Å². The molecule has 0 aliphatic heterocycles. The van der Waals surface area contributed by atoms with Crippen LogP contribution in [-0.2, 0) is 0 Å². The number of ether oxygens (including phenoxy) is 3. The van der Waals surface area contributed by atoms with Crippen molar-refractivity contribution in [2.24, 2.45) is 0 Å². The monoisotopic (exact) mass is 528 g/mol. The summed E-state index contributed by atoms with van der Waals surface area (Å²) in [6.07, 6.45) is 0. The molecule has 0 bridgehead atoms. The largest absolute Gasteiger partial charge is 0.494 e. The van der Waals surface area contributed by atoms with Gasteiger partial charge in [-0.1, -0.05) is 4.43 Å². The molecule has 0 unspecified atom stereocenters. The summed E-state index contributed by atoms with van der Waals surface area (Å²) in [5, 5.41) is 0. The fourth-order valence-electron chi connectivity index (χ4n) is 3.50. The van der Waals surface area contributed by atoms with Gasteiger partial charge in [-0.15, -0.1) is 0 Å². The van der Waals surface area contributed by atoms with Gasteiger partial charge in [0.15, 0.2) is 46.3 Å². The molecule has 0 radical (unpaired) electrons. The lowest BCUT2D eigenvalue weighted by molar-refractivity contribution is 0.334. The number of halogens is 10. The van der Waals surface area contributed by atoms with Gasteiger partial charge in [0.05, 0.1) is 21.3 Å². The Morgan fingerprint density at radius 1 is 0.486 bits per heavy atom. The van der Waals surface area contributed by atoms with Gasteiger partial charge in [0.1, 0.15) is 5.82 Å². The van der Waals surface area contributed by atoms with E-state index >= 15 is 17.6 Å². The Kier molecular flexibility index (Phi) is 7.47. The van der Waals surface area contributed by atoms with Crippen molar-refractivity contribution in [1.29, 1.82) is 0 Å². The van der Waals surface area contributed by atoms with E-state index in [9.17, 15) is 26.3 Å². The highest BCUT2D eigenvalue weighted by atomic mass is 27.2. The maximum absolute atomic E-state index is 15.0. The van der Waals surface area contributed by atoms with E-state index in [1.807, 2.05) is 0 Å². The van der Waals surface area contributed by atoms with Crippen molar-refractivity contribution in [3.05, 3.63) is 70.3 Å². The lowest BCUT2D eigenvalue weighted by Gasteiger charge is -2.21. The third-order valence-corrected chi connectivity index (χ3v) is 8.31. The first-order chi connectivity index (χ1) is 16.4. The van der Waals surface area contributed by atoms with Crippen molar-refractivity contribution in [2.45, 2.75) is 0 Å². The van der Waals surface area contributed by atoms with Gasteiger partial charge in [0, 0.05) is 6.07 Å². The van der Waals surface area contributed by atoms with Gasteiger partial charge in [0.25, 0.3) is 0 Å². The van der Waals surface area contributed by atoms with Crippen LogP contribution >= 0.6 is 0 Å². The number of methoxy groups -OCH3 is 3. The molecule has 0 N–H and O–H groups in total. The normalized spacial score (nSPS) is 11.0. The summed E-state index contributed by atoms with van der Waals surface area (Å²) in [5.41, 5.74) is 0. The van der Waals surface area contributed by atoms with Crippen molar-refractivity contribution in [3.63, 3.8) is 0 Å². The smallest absolute Gasteiger partial charge is 0.408 e. The topological polar surface area (TPSA) is 27.7 Å². The molecule has 186 valence electrons. The first kappa shape index (κ1) is 26.5. The van der Waals surface area contributed by atoms with Crippen molar-refractivity contribution < 1.29 is 58.1 Å². The second-order valence-electron chi connectivity index (χ2n) is 6.85. The van der Waals surface area contributed by atoms with Crippen LogP contribution in [0.25, 0.3) is 0 Å². The van der Waals surface area contributed by atoms with Crippen LogP contribution in [0, 0.1) is 58.2 Å². The van der Waals surface area contributed by atoms with Gasteiger partial charge >= 0.3 is 14.1 Å². The van der Waals surface area contributed by atoms with E-state index in [0.717, 1.165) is 7.11 Å². The predicted octanol–water partition coefficient (Wildman–Crippen LogP) is 3.62. The lowest BCUT2D eigenvalue weighted by atomic mass is 10.2. The highest BCUT2D eigenvalue weighted by Crippen LogP contribution is 2.29. The summed E-state index contributed by atoms with van der Waals surface area (Å²) in [5.74, 6) is -24.9. The molecule has 3 aromatic carbocycles. The molecule has 35 heavy (non-hydrogen) atoms. The predicted molar refractivity (Wildman–Crippen MR) is 103 cm³/mol. The van der Waals surface area contributed by atoms with Crippen LogP contribution in [0.4, 0.5) is 43.9 Å². The van der Waals surface area contributed by atoms with Crippen molar-refractivity contribution >= 4 is 27.4 Å². The van der Waals surface area contributed by atoms with Crippen LogP contribution in [0.2, 0.25) is 0 Å². The number of rotatable bonds is 6. The average molecular weight is 528 g/mol. The SMILES string of the molecule is COc1c[c]([Al]([c]2c(F)c(F)c(OC)c(F)c2F)[c]2c(F)c(F)c(OC)c(F)c2F)c(F)cc1F. The summed E-state index contributed by atoms with van der Waals surface area (Å²) in [6.45, 7) is 0. The Balaban J connectivity index is 2.59. The van der Waals surface area contributed by atoms with Crippen LogP contribution in [0.5, 0.6) is 17.2 Å². The number of hydrogen-bond acceptors (Lipinski definition) is 3. The van der Waals surface area contributed by atoms with E-state index < -0.39 is 103 Å². The van der Waals surface area contributed by atoms with Crippen LogP contribution < -0.4 is 27.5 Å². The third-order valence-electron chi connectivity index (χ3n) is 5.08. The van der Waals surface area contributed by atoms with Gasteiger partial charge in [0.2, 0.25) is 23.3 Å². The molecular formula is C21H11AlF10O3. The Morgan fingerprint density at radius 3 is 1.17 bits per heavy atom. The second-order valence-corrected chi connectivity index (χ2v) is 9.49. The molecule has 0 aliphatic carbocycles. The highest BCUT2D eigenvalue weighted by molar-refractivity contribution is 6.95. The van der Waals surface area contributed by atoms with E-state index in [1.165, 1.54) is 0 Å². The first-order valence-corrected chi connectivity index (χ1v) is 11.0. The summed E-state index contributed by atoms with van der Waals surface area (Å²) >= 11 is -4.94. The zero-order valence-electron chi connectivity index (χ0n) is 17.7. The summed E-state index contributed by atoms with van der Waals surface area (Å²) in [4.78, 5) is 0. The molecule has 14 heteroatoms. The van der Waals surface area contributed by atoms with E-state index in [-0.39, 0.29) is 6.07 Å². The molecule has 0 fully saturated rings. The summed E-state index contributed by atoms with van der Waals surface area (Å²) in [6, 6.07) is 0.492. The quantitative estimate of drug-likeness (QED) is 0.278. The van der Waals surface area contributed by atoms with Gasteiger partial charge in [-0.25, -0.2) is 26.3 Å². The number of hydrogen-bond donors (Lipinski definition) is 0. The zero-order chi connectivity index (χ0) is 26.4. The minimum absolute atomic E-state index is 0.0895. The average Bonchev–Trinajstić information content (AvgIpc) is 2.82. The molecule has 3 nitrogen and oxygen atoms in total. The Morgan fingerprint density at radius 2 is 0.857 bits per heavy atom. The van der Waals surface area contributed by atoms with Crippen LogP contribution in [0.15, 0.2) is 12.1 Å². The fraction of sp³-hybridized carbons (Fsp3) is 0.143. The summed E-state index contributed by atoms with van der Waals surface area (Å²) < 4.78 is 155. The minimum atomic E-state index is -4.94. The van der Waals surface area contributed by atoms with E-state index in [2.05, 4.69) is 14.2 Å². The lowest BCUT2D eigenvalue weighted by Crippen LogP contribution is -2.59. The van der Waals surface area contributed by atoms with Gasteiger partial charge < -0.3 is 14.2 Å². The van der Waals surface area contributed by atoms with Gasteiger partial charge in [-0.2, -0.15) is 17.6 Å². The number of benzene rings is 3. The fourth-order valence-corrected chi connectivity index (χ4v) is 6.61. The van der Waals surface area contributed by atoms with Crippen molar-refractivity contribution in [2.75, 3.05) is 21.3 Å². The molecule has 0 aliphatic rings. The Labute approximate surface area is 194 Å². The highest BCUT2D eigenvalue weighted by Gasteiger charge is 2.44. The molecular weight excluding hydrogens is 517 g/mol. The Hall–Kier alpha value is -3.11. The maximum Gasteiger partial charge on any atom is 0.408 e.